The van der Waals surface area contributed by atoms with E-state index in [1.807, 2.05) is 0 Å². The molecule has 2 aromatic carbocycles. The number of thiocarbonyl (C=S) groups is 1. The van der Waals surface area contributed by atoms with E-state index in [2.05, 4.69) is 15.8 Å². The summed E-state index contributed by atoms with van der Waals surface area (Å²) in [6.07, 6.45) is 0. The number of carbonyl (C=O) groups is 1. The topological polar surface area (TPSA) is 117 Å². The van der Waals surface area contributed by atoms with Crippen LogP contribution >= 0.6 is 12.2 Å². The van der Waals surface area contributed by atoms with Gasteiger partial charge in [0.15, 0.2) is 10.8 Å². The summed E-state index contributed by atoms with van der Waals surface area (Å²) in [5, 5.41) is 12.0. The molecule has 2 aromatic rings. The van der Waals surface area contributed by atoms with Gasteiger partial charge >= 0.3 is 0 Å². The minimum Gasteiger partial charge on any atom is -0.331 e. The summed E-state index contributed by atoms with van der Waals surface area (Å²) in [6.45, 7) is 2.15. The average Bonchev–Trinajstić information content (AvgIpc) is 2.89. The molecule has 28 heavy (non-hydrogen) atoms. The fourth-order valence-corrected chi connectivity index (χ4v) is 3.38. The minimum atomic E-state index is -3.78. The number of hydrazone groups is 1. The first-order chi connectivity index (χ1) is 13.2. The van der Waals surface area contributed by atoms with Gasteiger partial charge in [-0.05, 0) is 61.6 Å². The quantitative estimate of drug-likeness (QED) is 0.509. The van der Waals surface area contributed by atoms with Crippen molar-refractivity contribution in [3.63, 3.8) is 0 Å². The van der Waals surface area contributed by atoms with Gasteiger partial charge in [-0.25, -0.2) is 17.9 Å². The maximum absolute atomic E-state index is 13.5. The Morgan fingerprint density at radius 1 is 1.25 bits per heavy atom. The van der Waals surface area contributed by atoms with Crippen LogP contribution in [0.15, 0.2) is 52.5 Å². The smallest absolute Gasteiger partial charge is 0.279 e. The van der Waals surface area contributed by atoms with Gasteiger partial charge in [-0.1, -0.05) is 0 Å². The molecule has 0 saturated carbocycles. The lowest BCUT2D eigenvalue weighted by Crippen LogP contribution is -2.32. The Labute approximate surface area is 166 Å². The standard InChI is InChI=1S/C17H16FN5O3S2/c1-2-23-14-9-10(18)3-8-13(14)15(16(23)24)21-22-17(27)20-11-4-6-12(7-5-11)28(19,25)26/h3-9H,2H2,1H3,(H2,19,25,26)(H2,20,22,27). The van der Waals surface area contributed by atoms with Gasteiger partial charge in [0, 0.05) is 17.8 Å². The zero-order valence-electron chi connectivity index (χ0n) is 14.6. The van der Waals surface area contributed by atoms with Gasteiger partial charge in [0.2, 0.25) is 10.0 Å². The zero-order chi connectivity index (χ0) is 20.5. The van der Waals surface area contributed by atoms with Crippen LogP contribution < -0.4 is 20.8 Å². The number of nitrogens with one attached hydrogen (secondary N) is 2. The molecule has 0 fully saturated rings. The van der Waals surface area contributed by atoms with E-state index in [9.17, 15) is 17.6 Å². The molecular formula is C17H16FN5O3S2. The number of carbonyl (C=O) groups excluding carboxylic acids is 1. The number of rotatable bonds is 4. The van der Waals surface area contributed by atoms with E-state index >= 15 is 0 Å². The number of primary sulfonamides is 1. The largest absolute Gasteiger partial charge is 0.331 e. The van der Waals surface area contributed by atoms with Crippen LogP contribution in [-0.2, 0) is 14.8 Å². The second-order valence-electron chi connectivity index (χ2n) is 5.81. The van der Waals surface area contributed by atoms with Crippen molar-refractivity contribution in [2.24, 2.45) is 10.2 Å². The number of sulfonamides is 1. The molecule has 4 N–H and O–H groups in total. The van der Waals surface area contributed by atoms with Gasteiger partial charge in [0.25, 0.3) is 5.91 Å². The molecule has 1 amide bonds. The fraction of sp³-hybridized carbons (Fsp3) is 0.118. The lowest BCUT2D eigenvalue weighted by molar-refractivity contribution is -0.112. The summed E-state index contributed by atoms with van der Waals surface area (Å²) in [5.41, 5.74) is 4.14. The van der Waals surface area contributed by atoms with Crippen molar-refractivity contribution in [3.05, 3.63) is 53.8 Å². The van der Waals surface area contributed by atoms with Gasteiger partial charge in [-0.15, -0.1) is 0 Å². The average molecular weight is 421 g/mol. The van der Waals surface area contributed by atoms with E-state index < -0.39 is 15.8 Å². The third-order valence-corrected chi connectivity index (χ3v) is 5.10. The highest BCUT2D eigenvalue weighted by Gasteiger charge is 2.33. The molecule has 8 nitrogen and oxygen atoms in total. The summed E-state index contributed by atoms with van der Waals surface area (Å²) in [5.74, 6) is -0.810. The van der Waals surface area contributed by atoms with Gasteiger partial charge < -0.3 is 10.2 Å². The van der Waals surface area contributed by atoms with Crippen LogP contribution in [0.25, 0.3) is 0 Å². The third-order valence-electron chi connectivity index (χ3n) is 3.98. The monoisotopic (exact) mass is 421 g/mol. The van der Waals surface area contributed by atoms with Crippen molar-refractivity contribution >= 4 is 50.3 Å². The molecule has 0 aliphatic carbocycles. The van der Waals surface area contributed by atoms with Crippen LogP contribution in [0.2, 0.25) is 0 Å². The van der Waals surface area contributed by atoms with E-state index in [4.69, 9.17) is 17.4 Å². The van der Waals surface area contributed by atoms with Crippen LogP contribution in [0, 0.1) is 5.82 Å². The summed E-state index contributed by atoms with van der Waals surface area (Å²) in [4.78, 5) is 13.9. The summed E-state index contributed by atoms with van der Waals surface area (Å²) in [6, 6.07) is 9.65. The Kier molecular flexibility index (Phi) is 5.40. The highest BCUT2D eigenvalue weighted by Crippen LogP contribution is 2.29. The van der Waals surface area contributed by atoms with Crippen LogP contribution in [0.5, 0.6) is 0 Å². The molecule has 1 heterocycles. The first-order valence-electron chi connectivity index (χ1n) is 8.10. The fourth-order valence-electron chi connectivity index (χ4n) is 2.70. The maximum Gasteiger partial charge on any atom is 0.279 e. The highest BCUT2D eigenvalue weighted by molar-refractivity contribution is 7.89. The van der Waals surface area contributed by atoms with E-state index in [-0.39, 0.29) is 21.6 Å². The molecule has 0 radical (unpaired) electrons. The van der Waals surface area contributed by atoms with Crippen molar-refractivity contribution in [1.29, 1.82) is 0 Å². The molecule has 0 atom stereocenters. The van der Waals surface area contributed by atoms with Crippen LogP contribution in [0.1, 0.15) is 12.5 Å². The molecule has 0 unspecified atom stereocenters. The maximum atomic E-state index is 13.5. The Balaban J connectivity index is 1.75. The Morgan fingerprint density at radius 3 is 2.54 bits per heavy atom. The number of halogens is 1. The van der Waals surface area contributed by atoms with Crippen LogP contribution in [0.3, 0.4) is 0 Å². The van der Waals surface area contributed by atoms with Crippen molar-refractivity contribution in [2.75, 3.05) is 16.8 Å². The van der Waals surface area contributed by atoms with E-state index in [1.165, 1.54) is 47.4 Å². The van der Waals surface area contributed by atoms with Crippen molar-refractivity contribution in [2.45, 2.75) is 11.8 Å². The second-order valence-corrected chi connectivity index (χ2v) is 7.78. The van der Waals surface area contributed by atoms with Gasteiger partial charge in [0.05, 0.1) is 10.6 Å². The summed E-state index contributed by atoms with van der Waals surface area (Å²) >= 11 is 5.14. The van der Waals surface area contributed by atoms with Crippen LogP contribution in [-0.4, -0.2) is 31.7 Å². The number of hydrogen-bond donors (Lipinski definition) is 3. The number of fused-ring (bicyclic) bond motifs is 1. The Morgan fingerprint density at radius 2 is 1.93 bits per heavy atom. The number of amides is 1. The summed E-state index contributed by atoms with van der Waals surface area (Å²) < 4.78 is 36.0. The van der Waals surface area contributed by atoms with E-state index in [0.29, 0.717) is 23.5 Å². The Hall–Kier alpha value is -2.89. The van der Waals surface area contributed by atoms with Crippen molar-refractivity contribution < 1.29 is 17.6 Å². The number of anilines is 2. The molecule has 3 rings (SSSR count). The van der Waals surface area contributed by atoms with Crippen molar-refractivity contribution in [1.82, 2.24) is 5.43 Å². The number of nitrogens with zero attached hydrogens (tertiary/aromatic N) is 2. The first-order valence-corrected chi connectivity index (χ1v) is 10.1. The van der Waals surface area contributed by atoms with E-state index in [0.717, 1.165) is 0 Å². The molecule has 0 aromatic heterocycles. The van der Waals surface area contributed by atoms with Gasteiger partial charge in [-0.3, -0.25) is 10.2 Å². The number of hydrogen-bond acceptors (Lipinski definition) is 5. The molecule has 0 spiro atoms. The molecular weight excluding hydrogens is 405 g/mol. The first kappa shape index (κ1) is 19.9. The van der Waals surface area contributed by atoms with E-state index in [1.54, 1.807) is 6.92 Å². The molecule has 146 valence electrons. The normalized spacial score (nSPS) is 14.9. The van der Waals surface area contributed by atoms with Gasteiger partial charge in [-0.2, -0.15) is 5.10 Å². The number of likely N-dealkylation sites (N-methyl/N-ethyl adjacent to an activating group) is 1. The minimum absolute atomic E-state index is 0.0304. The predicted octanol–water partition coefficient (Wildman–Crippen LogP) is 1.53. The summed E-state index contributed by atoms with van der Waals surface area (Å²) in [7, 11) is -3.78. The number of benzene rings is 2. The number of nitrogens with two attached hydrogens (primary N) is 1. The SMILES string of the molecule is CCN1C(=O)C(=NNC(=S)Nc2ccc(S(N)(=O)=O)cc2)c2ccc(F)cc21. The Bertz CT molecular complexity index is 1080. The molecule has 11 heteroatoms. The molecule has 1 aliphatic heterocycles. The highest BCUT2D eigenvalue weighted by atomic mass is 32.2. The predicted molar refractivity (Wildman–Crippen MR) is 108 cm³/mol. The zero-order valence-corrected chi connectivity index (χ0v) is 16.3. The molecule has 0 bridgehead atoms. The molecule has 1 aliphatic rings. The van der Waals surface area contributed by atoms with Crippen LogP contribution in [0.4, 0.5) is 15.8 Å². The van der Waals surface area contributed by atoms with Crippen molar-refractivity contribution in [3.8, 4) is 0 Å². The lowest BCUT2D eigenvalue weighted by atomic mass is 10.1. The lowest BCUT2D eigenvalue weighted by Gasteiger charge is -2.13. The van der Waals surface area contributed by atoms with Gasteiger partial charge in [0.1, 0.15) is 5.82 Å². The second kappa shape index (κ2) is 7.62. The third kappa shape index (κ3) is 4.01. The molecule has 0 saturated heterocycles.